The molecule has 5 aromatic carbocycles. The molecule has 0 saturated heterocycles. The first-order valence-corrected chi connectivity index (χ1v) is 11.1. The van der Waals surface area contributed by atoms with Crippen LogP contribution < -0.4 is 0 Å². The molecule has 0 N–H and O–H groups in total. The van der Waals surface area contributed by atoms with Crippen molar-refractivity contribution in [2.75, 3.05) is 0 Å². The van der Waals surface area contributed by atoms with E-state index in [1.165, 1.54) is 44.1 Å². The summed E-state index contributed by atoms with van der Waals surface area (Å²) < 4.78 is 2.37. The summed E-state index contributed by atoms with van der Waals surface area (Å²) in [7, 11) is 0. The minimum absolute atomic E-state index is 0.751. The molecule has 0 bridgehead atoms. The highest BCUT2D eigenvalue weighted by molar-refractivity contribution is 6.30. The molecule has 2 heteroatoms. The summed E-state index contributed by atoms with van der Waals surface area (Å²) in [6.07, 6.45) is 0. The third-order valence-electron chi connectivity index (χ3n) is 6.06. The molecule has 1 aromatic heterocycles. The zero-order valence-corrected chi connectivity index (χ0v) is 18.1. The van der Waals surface area contributed by atoms with Crippen molar-refractivity contribution in [3.63, 3.8) is 0 Å². The summed E-state index contributed by atoms with van der Waals surface area (Å²) in [5.41, 5.74) is 8.37. The van der Waals surface area contributed by atoms with E-state index in [9.17, 15) is 0 Å². The average Bonchev–Trinajstić information content (AvgIpc) is 3.20. The van der Waals surface area contributed by atoms with Crippen molar-refractivity contribution >= 4 is 33.4 Å². The molecule has 0 spiro atoms. The van der Waals surface area contributed by atoms with Crippen molar-refractivity contribution in [3.05, 3.63) is 126 Å². The van der Waals surface area contributed by atoms with Crippen LogP contribution in [-0.2, 0) is 0 Å². The Kier molecular flexibility index (Phi) is 4.56. The zero-order valence-electron chi connectivity index (χ0n) is 17.4. The second kappa shape index (κ2) is 7.71. The van der Waals surface area contributed by atoms with Gasteiger partial charge in [-0.25, -0.2) is 0 Å². The van der Waals surface area contributed by atoms with E-state index >= 15 is 0 Å². The van der Waals surface area contributed by atoms with Gasteiger partial charge in [0.1, 0.15) is 0 Å². The number of nitrogens with zero attached hydrogens (tertiary/aromatic N) is 1. The van der Waals surface area contributed by atoms with Crippen molar-refractivity contribution in [2.24, 2.45) is 0 Å². The summed E-state index contributed by atoms with van der Waals surface area (Å²) in [6, 6.07) is 42.6. The van der Waals surface area contributed by atoms with Crippen LogP contribution in [0.3, 0.4) is 0 Å². The largest absolute Gasteiger partial charge is 0.309 e. The fraction of sp³-hybridized carbons (Fsp3) is 0. The van der Waals surface area contributed by atoms with Crippen LogP contribution in [0.1, 0.15) is 0 Å². The maximum Gasteiger partial charge on any atom is 0.0547 e. The second-order valence-electron chi connectivity index (χ2n) is 7.98. The number of hydrogen-bond donors (Lipinski definition) is 0. The number of rotatable bonds is 3. The van der Waals surface area contributed by atoms with Crippen molar-refractivity contribution in [1.29, 1.82) is 0 Å². The number of halogens is 1. The molecule has 1 nitrogen and oxygen atoms in total. The van der Waals surface area contributed by atoms with Crippen molar-refractivity contribution in [3.8, 4) is 27.9 Å². The standard InChI is InChI=1S/C30H20ClN/c31-24-18-16-22(17-19-24)26-13-7-15-29-30(26)27-12-4-5-14-28(27)32(29)25-11-6-10-23(20-25)21-8-2-1-3-9-21/h1-20H. The Morgan fingerprint density at radius 2 is 1.19 bits per heavy atom. The number of hydrogen-bond acceptors (Lipinski definition) is 0. The molecule has 0 saturated carbocycles. The molecular formula is C30H20ClN. The van der Waals surface area contributed by atoms with Crippen LogP contribution >= 0.6 is 11.6 Å². The maximum atomic E-state index is 6.16. The van der Waals surface area contributed by atoms with E-state index in [2.05, 4.69) is 114 Å². The molecule has 0 amide bonds. The van der Waals surface area contributed by atoms with Gasteiger partial charge in [0.25, 0.3) is 0 Å². The molecule has 0 aliphatic carbocycles. The van der Waals surface area contributed by atoms with E-state index in [-0.39, 0.29) is 0 Å². The van der Waals surface area contributed by atoms with Crippen LogP contribution in [0.2, 0.25) is 5.02 Å². The van der Waals surface area contributed by atoms with Crippen molar-refractivity contribution in [2.45, 2.75) is 0 Å². The summed E-state index contributed by atoms with van der Waals surface area (Å²) in [5, 5.41) is 3.26. The molecule has 32 heavy (non-hydrogen) atoms. The fourth-order valence-corrected chi connectivity index (χ4v) is 4.75. The van der Waals surface area contributed by atoms with Gasteiger partial charge in [0.15, 0.2) is 0 Å². The van der Waals surface area contributed by atoms with Crippen LogP contribution in [0.25, 0.3) is 49.7 Å². The van der Waals surface area contributed by atoms with Crippen molar-refractivity contribution in [1.82, 2.24) is 4.57 Å². The molecule has 0 radical (unpaired) electrons. The van der Waals surface area contributed by atoms with Gasteiger partial charge in [-0.05, 0) is 58.7 Å². The summed E-state index contributed by atoms with van der Waals surface area (Å²) >= 11 is 6.16. The van der Waals surface area contributed by atoms with Gasteiger partial charge in [-0.1, -0.05) is 96.5 Å². The third kappa shape index (κ3) is 3.10. The van der Waals surface area contributed by atoms with E-state index in [4.69, 9.17) is 11.6 Å². The molecule has 0 aliphatic heterocycles. The summed E-state index contributed by atoms with van der Waals surface area (Å²) in [5.74, 6) is 0. The fourth-order valence-electron chi connectivity index (χ4n) is 4.62. The minimum atomic E-state index is 0.751. The lowest BCUT2D eigenvalue weighted by molar-refractivity contribution is 1.18. The molecule has 6 rings (SSSR count). The molecule has 0 fully saturated rings. The normalized spacial score (nSPS) is 11.3. The molecule has 6 aromatic rings. The molecule has 0 aliphatic rings. The third-order valence-corrected chi connectivity index (χ3v) is 6.32. The lowest BCUT2D eigenvalue weighted by atomic mass is 9.99. The van der Waals surface area contributed by atoms with Gasteiger partial charge in [0.05, 0.1) is 11.0 Å². The highest BCUT2D eigenvalue weighted by atomic mass is 35.5. The number of aromatic nitrogens is 1. The van der Waals surface area contributed by atoms with E-state index in [1.54, 1.807) is 0 Å². The van der Waals surface area contributed by atoms with Gasteiger partial charge >= 0.3 is 0 Å². The molecule has 1 heterocycles. The van der Waals surface area contributed by atoms with Gasteiger partial charge in [0, 0.05) is 21.5 Å². The molecular weight excluding hydrogens is 410 g/mol. The van der Waals surface area contributed by atoms with Crippen LogP contribution in [0.4, 0.5) is 0 Å². The monoisotopic (exact) mass is 429 g/mol. The smallest absolute Gasteiger partial charge is 0.0547 e. The van der Waals surface area contributed by atoms with Crippen LogP contribution in [-0.4, -0.2) is 4.57 Å². The van der Waals surface area contributed by atoms with E-state index in [0.717, 1.165) is 10.7 Å². The highest BCUT2D eigenvalue weighted by Gasteiger charge is 2.16. The Bertz CT molecular complexity index is 1560. The highest BCUT2D eigenvalue weighted by Crippen LogP contribution is 2.39. The van der Waals surface area contributed by atoms with Crippen LogP contribution in [0.15, 0.2) is 121 Å². The lowest BCUT2D eigenvalue weighted by Gasteiger charge is -2.11. The van der Waals surface area contributed by atoms with E-state index in [0.29, 0.717) is 0 Å². The topological polar surface area (TPSA) is 4.93 Å². The van der Waals surface area contributed by atoms with Gasteiger partial charge in [-0.3, -0.25) is 0 Å². The number of fused-ring (bicyclic) bond motifs is 3. The Hall–Kier alpha value is -3.81. The molecule has 152 valence electrons. The predicted octanol–water partition coefficient (Wildman–Crippen LogP) is 8.77. The molecule has 0 atom stereocenters. The lowest BCUT2D eigenvalue weighted by Crippen LogP contribution is -1.94. The quantitative estimate of drug-likeness (QED) is 0.265. The van der Waals surface area contributed by atoms with Gasteiger partial charge in [0.2, 0.25) is 0 Å². The first kappa shape index (κ1) is 18.9. The summed E-state index contributed by atoms with van der Waals surface area (Å²) in [4.78, 5) is 0. The Balaban J connectivity index is 1.65. The first-order valence-electron chi connectivity index (χ1n) is 10.7. The van der Waals surface area contributed by atoms with Gasteiger partial charge < -0.3 is 4.57 Å². The Labute approximate surface area is 192 Å². The van der Waals surface area contributed by atoms with Gasteiger partial charge in [-0.2, -0.15) is 0 Å². The average molecular weight is 430 g/mol. The SMILES string of the molecule is Clc1ccc(-c2cccc3c2c2ccccc2n3-c2cccc(-c3ccccc3)c2)cc1. The minimum Gasteiger partial charge on any atom is -0.309 e. The van der Waals surface area contributed by atoms with Crippen molar-refractivity contribution < 1.29 is 0 Å². The predicted molar refractivity (Wildman–Crippen MR) is 137 cm³/mol. The van der Waals surface area contributed by atoms with E-state index in [1.807, 2.05) is 12.1 Å². The van der Waals surface area contributed by atoms with Crippen LogP contribution in [0, 0.1) is 0 Å². The first-order chi connectivity index (χ1) is 15.8. The number of benzene rings is 5. The van der Waals surface area contributed by atoms with Crippen LogP contribution in [0.5, 0.6) is 0 Å². The maximum absolute atomic E-state index is 6.16. The number of para-hydroxylation sites is 1. The van der Waals surface area contributed by atoms with Gasteiger partial charge in [-0.15, -0.1) is 0 Å². The zero-order chi connectivity index (χ0) is 21.5. The Morgan fingerprint density at radius 1 is 0.500 bits per heavy atom. The van der Waals surface area contributed by atoms with E-state index < -0.39 is 0 Å². The Morgan fingerprint density at radius 3 is 2.03 bits per heavy atom. The second-order valence-corrected chi connectivity index (χ2v) is 8.41. The molecule has 0 unspecified atom stereocenters. The summed E-state index contributed by atoms with van der Waals surface area (Å²) in [6.45, 7) is 0.